The molecule has 1 aliphatic heterocycles. The van der Waals surface area contributed by atoms with Crippen molar-refractivity contribution < 1.29 is 13.2 Å². The second-order valence-electron chi connectivity index (χ2n) is 5.63. The summed E-state index contributed by atoms with van der Waals surface area (Å²) in [5, 5.41) is 5.24. The van der Waals surface area contributed by atoms with Gasteiger partial charge in [0.05, 0.1) is 11.0 Å². The van der Waals surface area contributed by atoms with Crippen LogP contribution in [-0.2, 0) is 16.9 Å². The summed E-state index contributed by atoms with van der Waals surface area (Å²) in [4.78, 5) is 26.3. The largest absolute Gasteiger partial charge is 0.336 e. The number of carbonyl (C=O) groups is 1. The maximum Gasteiger partial charge on any atom is 0.274 e. The second-order valence-corrected chi connectivity index (χ2v) is 8.91. The van der Waals surface area contributed by atoms with E-state index < -0.39 is 15.1 Å². The Labute approximate surface area is 143 Å². The molecule has 128 valence electrons. The van der Waals surface area contributed by atoms with Crippen LogP contribution in [0.15, 0.2) is 34.4 Å². The molecule has 0 aromatic carbocycles. The third kappa shape index (κ3) is 3.27. The van der Waals surface area contributed by atoms with E-state index in [1.165, 1.54) is 35.4 Å². The minimum Gasteiger partial charge on any atom is -0.336 e. The standard InChI is InChI=1S/C15H17N3O4S2/c1-17-14(19)5-4-11(16-17)15(20)18-7-6-13(12-3-2-9-23-12)24(21,22)10-8-18/h2-5,9,13H,6-8,10H2,1H3/t13-/m0/s1. The first-order chi connectivity index (χ1) is 11.4. The molecule has 2 aromatic heterocycles. The van der Waals surface area contributed by atoms with E-state index in [1.807, 2.05) is 17.5 Å². The monoisotopic (exact) mass is 367 g/mol. The molecule has 1 atom stereocenters. The molecule has 1 saturated heterocycles. The molecule has 7 nitrogen and oxygen atoms in total. The second kappa shape index (κ2) is 6.48. The Bertz CT molecular complexity index is 903. The van der Waals surface area contributed by atoms with E-state index in [1.54, 1.807) is 0 Å². The highest BCUT2D eigenvalue weighted by atomic mass is 32.2. The van der Waals surface area contributed by atoms with Crippen LogP contribution in [0.5, 0.6) is 0 Å². The Hall–Kier alpha value is -2.00. The lowest BCUT2D eigenvalue weighted by atomic mass is 10.2. The average Bonchev–Trinajstić information content (AvgIpc) is 3.01. The van der Waals surface area contributed by atoms with Crippen molar-refractivity contribution in [2.75, 3.05) is 18.8 Å². The summed E-state index contributed by atoms with van der Waals surface area (Å²) < 4.78 is 26.1. The zero-order valence-corrected chi connectivity index (χ0v) is 14.7. The van der Waals surface area contributed by atoms with Crippen molar-refractivity contribution in [2.24, 2.45) is 7.05 Å². The van der Waals surface area contributed by atoms with Gasteiger partial charge in [-0.15, -0.1) is 11.3 Å². The van der Waals surface area contributed by atoms with E-state index in [9.17, 15) is 18.0 Å². The van der Waals surface area contributed by atoms with Gasteiger partial charge in [-0.05, 0) is 23.9 Å². The Morgan fingerprint density at radius 1 is 1.29 bits per heavy atom. The first-order valence-corrected chi connectivity index (χ1v) is 10.1. The fourth-order valence-electron chi connectivity index (χ4n) is 2.72. The van der Waals surface area contributed by atoms with Crippen molar-refractivity contribution in [1.82, 2.24) is 14.7 Å². The molecule has 9 heteroatoms. The summed E-state index contributed by atoms with van der Waals surface area (Å²) in [6, 6.07) is 6.31. The Morgan fingerprint density at radius 2 is 2.08 bits per heavy atom. The molecule has 0 radical (unpaired) electrons. The highest BCUT2D eigenvalue weighted by Crippen LogP contribution is 2.32. The molecule has 3 rings (SSSR count). The van der Waals surface area contributed by atoms with Gasteiger partial charge in [-0.2, -0.15) is 5.10 Å². The van der Waals surface area contributed by atoms with Crippen LogP contribution in [0.4, 0.5) is 0 Å². The van der Waals surface area contributed by atoms with Gasteiger partial charge in [0.1, 0.15) is 5.69 Å². The molecule has 1 aliphatic rings. The number of rotatable bonds is 2. The molecule has 0 unspecified atom stereocenters. The van der Waals surface area contributed by atoms with Gasteiger partial charge < -0.3 is 4.90 Å². The van der Waals surface area contributed by atoms with Gasteiger partial charge in [-0.3, -0.25) is 9.59 Å². The normalized spacial score (nSPS) is 20.5. The van der Waals surface area contributed by atoms with Crippen LogP contribution in [0.3, 0.4) is 0 Å². The van der Waals surface area contributed by atoms with Gasteiger partial charge in [-0.1, -0.05) is 6.07 Å². The van der Waals surface area contributed by atoms with Crippen LogP contribution in [-0.4, -0.2) is 47.8 Å². The number of nitrogens with zero attached hydrogens (tertiary/aromatic N) is 3. The van der Waals surface area contributed by atoms with E-state index in [0.717, 1.165) is 9.56 Å². The number of hydrogen-bond acceptors (Lipinski definition) is 6. The lowest BCUT2D eigenvalue weighted by Gasteiger charge is -2.19. The smallest absolute Gasteiger partial charge is 0.274 e. The number of aromatic nitrogens is 2. The van der Waals surface area contributed by atoms with Crippen LogP contribution in [0.25, 0.3) is 0 Å². The highest BCUT2D eigenvalue weighted by molar-refractivity contribution is 7.91. The molecule has 2 aromatic rings. The molecule has 0 spiro atoms. The maximum absolute atomic E-state index is 12.6. The molecule has 24 heavy (non-hydrogen) atoms. The van der Waals surface area contributed by atoms with E-state index in [0.29, 0.717) is 13.0 Å². The molecular formula is C15H17N3O4S2. The summed E-state index contributed by atoms with van der Waals surface area (Å²) >= 11 is 1.42. The molecule has 1 fully saturated rings. The lowest BCUT2D eigenvalue weighted by molar-refractivity contribution is 0.0758. The fraction of sp³-hybridized carbons (Fsp3) is 0.400. The highest BCUT2D eigenvalue weighted by Gasteiger charge is 2.33. The van der Waals surface area contributed by atoms with Crippen LogP contribution in [0.1, 0.15) is 27.0 Å². The van der Waals surface area contributed by atoms with E-state index in [4.69, 9.17) is 0 Å². The Morgan fingerprint density at radius 3 is 2.75 bits per heavy atom. The Balaban J connectivity index is 1.83. The predicted octanol–water partition coefficient (Wildman–Crippen LogP) is 0.844. The van der Waals surface area contributed by atoms with Gasteiger partial charge >= 0.3 is 0 Å². The topological polar surface area (TPSA) is 89.3 Å². The molecule has 0 saturated carbocycles. The summed E-state index contributed by atoms with van der Waals surface area (Å²) in [7, 11) is -1.83. The summed E-state index contributed by atoms with van der Waals surface area (Å²) in [6.07, 6.45) is 0.361. The number of sulfone groups is 1. The zero-order chi connectivity index (χ0) is 17.3. The van der Waals surface area contributed by atoms with Gasteiger partial charge in [0.2, 0.25) is 0 Å². The maximum atomic E-state index is 12.6. The average molecular weight is 367 g/mol. The van der Waals surface area contributed by atoms with Crippen LogP contribution < -0.4 is 5.56 Å². The Kier molecular flexibility index (Phi) is 4.55. The van der Waals surface area contributed by atoms with Crippen molar-refractivity contribution in [3.05, 3.63) is 50.6 Å². The molecule has 1 amide bonds. The first-order valence-electron chi connectivity index (χ1n) is 7.47. The van der Waals surface area contributed by atoms with Crippen molar-refractivity contribution in [2.45, 2.75) is 11.7 Å². The van der Waals surface area contributed by atoms with Crippen molar-refractivity contribution in [3.63, 3.8) is 0 Å². The third-order valence-corrected chi connectivity index (χ3v) is 7.31. The van der Waals surface area contributed by atoms with Crippen LogP contribution >= 0.6 is 11.3 Å². The lowest BCUT2D eigenvalue weighted by Crippen LogP contribution is -2.35. The first kappa shape index (κ1) is 16.8. The molecular weight excluding hydrogens is 350 g/mol. The van der Waals surface area contributed by atoms with Gasteiger partial charge in [0, 0.05) is 31.1 Å². The summed E-state index contributed by atoms with van der Waals surface area (Å²) in [5.41, 5.74) is -0.160. The number of thiophene rings is 1. The van der Waals surface area contributed by atoms with Gasteiger partial charge in [0.15, 0.2) is 9.84 Å². The van der Waals surface area contributed by atoms with Crippen molar-refractivity contribution in [1.29, 1.82) is 0 Å². The van der Waals surface area contributed by atoms with Gasteiger partial charge in [-0.25, -0.2) is 13.1 Å². The quantitative estimate of drug-likeness (QED) is 0.785. The number of aryl methyl sites for hydroxylation is 1. The fourth-order valence-corrected chi connectivity index (χ4v) is 5.72. The zero-order valence-electron chi connectivity index (χ0n) is 13.1. The SMILES string of the molecule is Cn1nc(C(=O)N2CC[C@@H](c3cccs3)S(=O)(=O)CC2)ccc1=O. The van der Waals surface area contributed by atoms with Gasteiger partial charge in [0.25, 0.3) is 11.5 Å². The minimum absolute atomic E-state index is 0.0763. The van der Waals surface area contributed by atoms with E-state index in [2.05, 4.69) is 5.10 Å². The van der Waals surface area contributed by atoms with Crippen molar-refractivity contribution in [3.8, 4) is 0 Å². The molecule has 3 heterocycles. The van der Waals surface area contributed by atoms with E-state index >= 15 is 0 Å². The van der Waals surface area contributed by atoms with Crippen LogP contribution in [0, 0.1) is 0 Å². The number of amides is 1. The number of hydrogen-bond donors (Lipinski definition) is 0. The summed E-state index contributed by atoms with van der Waals surface area (Å²) in [6.45, 7) is 0.471. The third-order valence-electron chi connectivity index (χ3n) is 4.07. The molecule has 0 aliphatic carbocycles. The van der Waals surface area contributed by atoms with Crippen LogP contribution in [0.2, 0.25) is 0 Å². The van der Waals surface area contributed by atoms with Crippen molar-refractivity contribution >= 4 is 27.1 Å². The minimum atomic E-state index is -3.31. The molecule has 0 bridgehead atoms. The predicted molar refractivity (Wildman–Crippen MR) is 90.8 cm³/mol. The molecule has 0 N–H and O–H groups in total. The summed E-state index contributed by atoms with van der Waals surface area (Å²) in [5.74, 6) is -0.430. The number of carbonyl (C=O) groups excluding carboxylic acids is 1. The van der Waals surface area contributed by atoms with E-state index in [-0.39, 0.29) is 29.5 Å².